The lowest BCUT2D eigenvalue weighted by atomic mass is 9.97. The minimum atomic E-state index is -4.44. The van der Waals surface area contributed by atoms with Crippen molar-refractivity contribution in [3.8, 4) is 5.75 Å². The minimum absolute atomic E-state index is 0.205. The molecule has 1 atom stereocenters. The molecule has 2 nitrogen and oxygen atoms in total. The number of hydrogen-bond donors (Lipinski definition) is 1. The summed E-state index contributed by atoms with van der Waals surface area (Å²) in [5.74, 6) is 0.278. The highest BCUT2D eigenvalue weighted by atomic mass is 19.4. The smallest absolute Gasteiger partial charge is 0.429 e. The van der Waals surface area contributed by atoms with E-state index in [4.69, 9.17) is 10.5 Å². The summed E-state index contributed by atoms with van der Waals surface area (Å²) < 4.78 is 43.3. The number of ether oxygens (including phenoxy) is 1. The summed E-state index contributed by atoms with van der Waals surface area (Å²) in [7, 11) is 0. The number of para-hydroxylation sites is 1. The number of alkyl halides is 3. The van der Waals surface area contributed by atoms with Crippen LogP contribution in [0.15, 0.2) is 24.3 Å². The summed E-state index contributed by atoms with van der Waals surface area (Å²) in [5, 5.41) is 0. The molecule has 1 aliphatic heterocycles. The summed E-state index contributed by atoms with van der Waals surface area (Å²) in [6.07, 6.45) is -4.65. The highest BCUT2D eigenvalue weighted by Crippen LogP contribution is 2.43. The third-order valence-electron chi connectivity index (χ3n) is 2.60. The van der Waals surface area contributed by atoms with Gasteiger partial charge in [-0.2, -0.15) is 13.2 Å². The van der Waals surface area contributed by atoms with Gasteiger partial charge in [-0.25, -0.2) is 0 Å². The summed E-state index contributed by atoms with van der Waals surface area (Å²) in [6.45, 7) is -0.564. The van der Waals surface area contributed by atoms with E-state index in [1.165, 1.54) is 6.07 Å². The second-order valence-corrected chi connectivity index (χ2v) is 3.58. The van der Waals surface area contributed by atoms with Crippen LogP contribution in [0.5, 0.6) is 5.75 Å². The van der Waals surface area contributed by atoms with E-state index >= 15 is 0 Å². The molecule has 5 heteroatoms. The molecule has 0 aromatic heterocycles. The summed E-state index contributed by atoms with van der Waals surface area (Å²) in [6, 6.07) is 6.48. The normalized spacial score (nSPS) is 24.8. The number of hydrogen-bond acceptors (Lipinski definition) is 2. The van der Waals surface area contributed by atoms with Gasteiger partial charge in [0.1, 0.15) is 5.75 Å². The number of halogens is 3. The van der Waals surface area contributed by atoms with Gasteiger partial charge in [0, 0.05) is 13.0 Å². The van der Waals surface area contributed by atoms with Crippen molar-refractivity contribution >= 4 is 0 Å². The zero-order chi connectivity index (χ0) is 11.1. The van der Waals surface area contributed by atoms with Gasteiger partial charge in [-0.15, -0.1) is 0 Å². The Kier molecular flexibility index (Phi) is 2.15. The molecule has 82 valence electrons. The maximum Gasteiger partial charge on any atom is 0.429 e. The van der Waals surface area contributed by atoms with E-state index in [-0.39, 0.29) is 12.2 Å². The quantitative estimate of drug-likeness (QED) is 0.779. The fourth-order valence-corrected chi connectivity index (χ4v) is 1.69. The molecule has 0 spiro atoms. The molecule has 1 aliphatic rings. The first kappa shape index (κ1) is 10.3. The second kappa shape index (κ2) is 3.13. The van der Waals surface area contributed by atoms with Gasteiger partial charge >= 0.3 is 6.18 Å². The van der Waals surface area contributed by atoms with Crippen LogP contribution < -0.4 is 10.5 Å². The van der Waals surface area contributed by atoms with Gasteiger partial charge in [0.25, 0.3) is 0 Å². The van der Waals surface area contributed by atoms with Crippen molar-refractivity contribution in [3.63, 3.8) is 0 Å². The Balaban J connectivity index is 2.38. The largest absolute Gasteiger partial charge is 0.476 e. The Morgan fingerprint density at radius 2 is 2.00 bits per heavy atom. The van der Waals surface area contributed by atoms with Crippen LogP contribution in [0.2, 0.25) is 0 Å². The highest BCUT2D eigenvalue weighted by Gasteiger charge is 2.59. The van der Waals surface area contributed by atoms with Gasteiger partial charge in [0.2, 0.25) is 5.60 Å². The fourth-order valence-electron chi connectivity index (χ4n) is 1.69. The molecule has 1 aromatic carbocycles. The van der Waals surface area contributed by atoms with Crippen LogP contribution in [0.3, 0.4) is 0 Å². The topological polar surface area (TPSA) is 35.2 Å². The lowest BCUT2D eigenvalue weighted by Crippen LogP contribution is -2.55. The monoisotopic (exact) mass is 217 g/mol. The van der Waals surface area contributed by atoms with Crippen LogP contribution in [0.25, 0.3) is 0 Å². The lowest BCUT2D eigenvalue weighted by molar-refractivity contribution is -0.238. The van der Waals surface area contributed by atoms with Crippen LogP contribution in [0.1, 0.15) is 5.56 Å². The molecular weight excluding hydrogens is 207 g/mol. The van der Waals surface area contributed by atoms with Crippen LogP contribution in [-0.4, -0.2) is 18.3 Å². The highest BCUT2D eigenvalue weighted by molar-refractivity contribution is 5.40. The Bertz CT molecular complexity index is 350. The molecule has 0 amide bonds. The van der Waals surface area contributed by atoms with Crippen LogP contribution >= 0.6 is 0 Å². The molecule has 1 heterocycles. The Morgan fingerprint density at radius 3 is 2.53 bits per heavy atom. The third-order valence-corrected chi connectivity index (χ3v) is 2.60. The molecule has 15 heavy (non-hydrogen) atoms. The molecule has 0 saturated heterocycles. The van der Waals surface area contributed by atoms with E-state index in [1.54, 1.807) is 18.2 Å². The van der Waals surface area contributed by atoms with Crippen molar-refractivity contribution in [1.29, 1.82) is 0 Å². The zero-order valence-corrected chi connectivity index (χ0v) is 7.84. The van der Waals surface area contributed by atoms with E-state index in [9.17, 15) is 13.2 Å². The maximum absolute atomic E-state index is 12.8. The summed E-state index contributed by atoms with van der Waals surface area (Å²) in [4.78, 5) is 0. The third kappa shape index (κ3) is 1.47. The van der Waals surface area contributed by atoms with Crippen molar-refractivity contribution in [2.24, 2.45) is 5.73 Å². The Labute approximate surface area is 84.8 Å². The Morgan fingerprint density at radius 1 is 1.33 bits per heavy atom. The van der Waals surface area contributed by atoms with E-state index in [1.807, 2.05) is 0 Å². The predicted molar refractivity (Wildman–Crippen MR) is 48.6 cm³/mol. The van der Waals surface area contributed by atoms with Crippen molar-refractivity contribution in [2.75, 3.05) is 6.54 Å². The van der Waals surface area contributed by atoms with E-state index in [0.29, 0.717) is 5.56 Å². The van der Waals surface area contributed by atoms with E-state index in [2.05, 4.69) is 0 Å². The fraction of sp³-hybridized carbons (Fsp3) is 0.400. The first-order valence-electron chi connectivity index (χ1n) is 4.52. The van der Waals surface area contributed by atoms with E-state index in [0.717, 1.165) is 0 Å². The molecule has 0 aliphatic carbocycles. The standard InChI is InChI=1S/C10H10F3NO/c11-10(12,13)9(6-14)5-7-3-1-2-4-8(7)15-9/h1-4H,5-6,14H2. The number of benzene rings is 1. The summed E-state index contributed by atoms with van der Waals surface area (Å²) in [5.41, 5.74) is 3.51. The van der Waals surface area contributed by atoms with Gasteiger partial charge < -0.3 is 10.5 Å². The molecule has 1 unspecified atom stereocenters. The first-order chi connectivity index (χ1) is 6.98. The number of nitrogens with two attached hydrogens (primary N) is 1. The van der Waals surface area contributed by atoms with Crippen LogP contribution in [0.4, 0.5) is 13.2 Å². The van der Waals surface area contributed by atoms with Gasteiger partial charge in [-0.05, 0) is 11.6 Å². The van der Waals surface area contributed by atoms with Gasteiger partial charge in [0.05, 0.1) is 0 Å². The summed E-state index contributed by atoms with van der Waals surface area (Å²) >= 11 is 0. The Hall–Kier alpha value is -1.23. The number of rotatable bonds is 1. The molecule has 0 bridgehead atoms. The van der Waals surface area contributed by atoms with Crippen molar-refractivity contribution in [2.45, 2.75) is 18.2 Å². The average molecular weight is 217 g/mol. The zero-order valence-electron chi connectivity index (χ0n) is 7.84. The van der Waals surface area contributed by atoms with E-state index < -0.39 is 18.3 Å². The van der Waals surface area contributed by atoms with Gasteiger partial charge in [0.15, 0.2) is 0 Å². The number of fused-ring (bicyclic) bond motifs is 1. The van der Waals surface area contributed by atoms with Gasteiger partial charge in [-0.3, -0.25) is 0 Å². The predicted octanol–water partition coefficient (Wildman–Crippen LogP) is 1.88. The van der Waals surface area contributed by atoms with Gasteiger partial charge in [-0.1, -0.05) is 18.2 Å². The lowest BCUT2D eigenvalue weighted by Gasteiger charge is -2.29. The molecule has 0 saturated carbocycles. The molecule has 1 aromatic rings. The first-order valence-corrected chi connectivity index (χ1v) is 4.52. The SMILES string of the molecule is NCC1(C(F)(F)F)Cc2ccccc2O1. The second-order valence-electron chi connectivity index (χ2n) is 3.58. The molecule has 2 rings (SSSR count). The molecule has 2 N–H and O–H groups in total. The molecule has 0 radical (unpaired) electrons. The van der Waals surface area contributed by atoms with Crippen molar-refractivity contribution in [1.82, 2.24) is 0 Å². The maximum atomic E-state index is 12.8. The van der Waals surface area contributed by atoms with Crippen LogP contribution in [-0.2, 0) is 6.42 Å². The van der Waals surface area contributed by atoms with Crippen molar-refractivity contribution < 1.29 is 17.9 Å². The minimum Gasteiger partial charge on any atom is -0.476 e. The molecule has 0 fully saturated rings. The van der Waals surface area contributed by atoms with Crippen LogP contribution in [0, 0.1) is 0 Å². The average Bonchev–Trinajstić information content (AvgIpc) is 2.56. The molecular formula is C10H10F3NO. The van der Waals surface area contributed by atoms with Crippen molar-refractivity contribution in [3.05, 3.63) is 29.8 Å².